The Bertz CT molecular complexity index is 1040. The lowest BCUT2D eigenvalue weighted by Crippen LogP contribution is -2.27. The monoisotopic (exact) mass is 336 g/mol. The Morgan fingerprint density at radius 2 is 1.80 bits per heavy atom. The molecule has 1 atom stereocenters. The number of nitrogens with one attached hydrogen (secondary N) is 1. The van der Waals surface area contributed by atoms with E-state index in [-0.39, 0.29) is 22.6 Å². The highest BCUT2D eigenvalue weighted by atomic mass is 16.2. The van der Waals surface area contributed by atoms with Crippen LogP contribution in [-0.4, -0.2) is 32.5 Å². The number of aromatic nitrogens is 3. The zero-order valence-electron chi connectivity index (χ0n) is 14.7. The summed E-state index contributed by atoms with van der Waals surface area (Å²) in [5.74, 6) is -0.220. The first kappa shape index (κ1) is 15.6. The average Bonchev–Trinajstić information content (AvgIpc) is 3.11. The molecule has 0 aliphatic carbocycles. The van der Waals surface area contributed by atoms with E-state index in [0.717, 1.165) is 11.3 Å². The van der Waals surface area contributed by atoms with Gasteiger partial charge in [0.15, 0.2) is 5.65 Å². The molecule has 0 spiro atoms. The summed E-state index contributed by atoms with van der Waals surface area (Å²) >= 11 is 0. The van der Waals surface area contributed by atoms with E-state index in [9.17, 15) is 9.59 Å². The fraction of sp³-hybridized carbons (Fsp3) is 0.316. The van der Waals surface area contributed by atoms with Crippen LogP contribution >= 0.6 is 0 Å². The number of carbonyl (C=O) groups is 1. The Kier molecular flexibility index (Phi) is 3.16. The summed E-state index contributed by atoms with van der Waals surface area (Å²) in [6.07, 6.45) is 0. The summed E-state index contributed by atoms with van der Waals surface area (Å²) in [7, 11) is 1.71. The second-order valence-corrected chi connectivity index (χ2v) is 7.52. The van der Waals surface area contributed by atoms with Gasteiger partial charge in [-0.25, -0.2) is 9.50 Å². The number of nitrogens with zero attached hydrogens (tertiary/aromatic N) is 3. The van der Waals surface area contributed by atoms with Crippen molar-refractivity contribution < 1.29 is 4.79 Å². The number of fused-ring (bicyclic) bond motifs is 2. The number of rotatable bonds is 1. The molecule has 0 unspecified atom stereocenters. The molecule has 1 aliphatic rings. The molecule has 0 saturated carbocycles. The van der Waals surface area contributed by atoms with Gasteiger partial charge in [0.2, 0.25) is 0 Å². The van der Waals surface area contributed by atoms with Crippen LogP contribution in [0.5, 0.6) is 0 Å². The van der Waals surface area contributed by atoms with Crippen LogP contribution < -0.4 is 5.56 Å². The van der Waals surface area contributed by atoms with E-state index in [1.807, 2.05) is 36.4 Å². The van der Waals surface area contributed by atoms with Crippen molar-refractivity contribution >= 4 is 11.6 Å². The summed E-state index contributed by atoms with van der Waals surface area (Å²) in [6, 6.07) is 11.0. The summed E-state index contributed by atoms with van der Waals surface area (Å²) in [4.78, 5) is 31.9. The van der Waals surface area contributed by atoms with E-state index in [2.05, 4.69) is 30.9 Å². The van der Waals surface area contributed by atoms with Gasteiger partial charge in [0.25, 0.3) is 11.5 Å². The molecule has 128 valence electrons. The molecule has 0 bridgehead atoms. The molecular weight excluding hydrogens is 316 g/mol. The van der Waals surface area contributed by atoms with Gasteiger partial charge in [-0.05, 0) is 5.56 Å². The summed E-state index contributed by atoms with van der Waals surface area (Å²) in [6.45, 7) is 6.17. The number of hydrogen-bond donors (Lipinski definition) is 1. The van der Waals surface area contributed by atoms with Gasteiger partial charge in [-0.3, -0.25) is 14.7 Å². The van der Waals surface area contributed by atoms with Crippen LogP contribution in [0, 0.1) is 0 Å². The number of benzene rings is 1. The lowest BCUT2D eigenvalue weighted by atomic mass is 9.93. The largest absolute Gasteiger partial charge is 0.329 e. The number of carbonyl (C=O) groups excluding carboxylic acids is 1. The van der Waals surface area contributed by atoms with Crippen molar-refractivity contribution in [2.75, 3.05) is 7.05 Å². The van der Waals surface area contributed by atoms with Crippen LogP contribution in [0.4, 0.5) is 0 Å². The first-order valence-corrected chi connectivity index (χ1v) is 8.27. The molecule has 1 N–H and O–H groups in total. The maximum absolute atomic E-state index is 13.1. The quantitative estimate of drug-likeness (QED) is 0.742. The molecule has 1 aromatic carbocycles. The van der Waals surface area contributed by atoms with Crippen molar-refractivity contribution in [1.29, 1.82) is 0 Å². The van der Waals surface area contributed by atoms with Crippen molar-refractivity contribution in [1.82, 2.24) is 19.5 Å². The number of hydrogen-bond acceptors (Lipinski definition) is 3. The molecule has 4 rings (SSSR count). The third kappa shape index (κ3) is 2.21. The van der Waals surface area contributed by atoms with Gasteiger partial charge in [0, 0.05) is 24.2 Å². The Labute approximate surface area is 145 Å². The third-order valence-electron chi connectivity index (χ3n) is 4.76. The molecule has 3 heterocycles. The second-order valence-electron chi connectivity index (χ2n) is 7.52. The molecule has 25 heavy (non-hydrogen) atoms. The Morgan fingerprint density at radius 1 is 1.12 bits per heavy atom. The lowest BCUT2D eigenvalue weighted by molar-refractivity contribution is 0.0789. The Hall–Kier alpha value is -2.89. The van der Waals surface area contributed by atoms with Crippen LogP contribution in [0.2, 0.25) is 0 Å². The van der Waals surface area contributed by atoms with E-state index in [0.29, 0.717) is 11.2 Å². The summed E-state index contributed by atoms with van der Waals surface area (Å²) < 4.78 is 1.45. The number of amides is 1. The fourth-order valence-electron chi connectivity index (χ4n) is 3.33. The number of H-pyrrole nitrogens is 1. The molecule has 1 aliphatic heterocycles. The van der Waals surface area contributed by atoms with Gasteiger partial charge in [-0.15, -0.1) is 0 Å². The predicted molar refractivity (Wildman–Crippen MR) is 94.9 cm³/mol. The van der Waals surface area contributed by atoms with E-state index in [1.165, 1.54) is 4.52 Å². The smallest absolute Gasteiger partial charge is 0.279 e. The van der Waals surface area contributed by atoms with Crippen molar-refractivity contribution in [3.05, 3.63) is 69.3 Å². The minimum absolute atomic E-state index is 0.149. The zero-order valence-corrected chi connectivity index (χ0v) is 14.7. The third-order valence-corrected chi connectivity index (χ3v) is 4.76. The maximum atomic E-state index is 13.1. The first-order valence-electron chi connectivity index (χ1n) is 8.27. The van der Waals surface area contributed by atoms with E-state index >= 15 is 0 Å². The zero-order chi connectivity index (χ0) is 17.9. The van der Waals surface area contributed by atoms with E-state index in [4.69, 9.17) is 0 Å². The molecule has 0 saturated heterocycles. The molecule has 1 amide bonds. The maximum Gasteiger partial charge on any atom is 0.279 e. The molecule has 0 fully saturated rings. The van der Waals surface area contributed by atoms with Gasteiger partial charge in [0.05, 0.1) is 11.6 Å². The lowest BCUT2D eigenvalue weighted by Gasteiger charge is -2.20. The van der Waals surface area contributed by atoms with Gasteiger partial charge in [-0.2, -0.15) is 0 Å². The van der Waals surface area contributed by atoms with Crippen LogP contribution in [0.3, 0.4) is 0 Å². The molecule has 3 aromatic rings. The van der Waals surface area contributed by atoms with Crippen molar-refractivity contribution in [2.24, 2.45) is 0 Å². The standard InChI is InChI=1S/C19H20N4O2/c1-19(2,3)12-10-13-20-15-14(17(24)23(13)21-12)16(22(4)18(15)25)11-8-6-5-7-9-11/h5-10,16,21H,1-4H3/t16-/m0/s1. The molecular formula is C19H20N4O2. The number of aromatic amines is 1. The van der Waals surface area contributed by atoms with Crippen molar-refractivity contribution in [2.45, 2.75) is 32.2 Å². The Morgan fingerprint density at radius 3 is 2.44 bits per heavy atom. The predicted octanol–water partition coefficient (Wildman–Crippen LogP) is 2.50. The van der Waals surface area contributed by atoms with Crippen LogP contribution in [0.15, 0.2) is 41.2 Å². The molecule has 6 heteroatoms. The average molecular weight is 336 g/mol. The minimum atomic E-state index is -0.415. The molecule has 2 aromatic heterocycles. The van der Waals surface area contributed by atoms with Gasteiger partial charge < -0.3 is 4.90 Å². The van der Waals surface area contributed by atoms with E-state index < -0.39 is 6.04 Å². The van der Waals surface area contributed by atoms with Gasteiger partial charge in [0.1, 0.15) is 5.69 Å². The highest BCUT2D eigenvalue weighted by Gasteiger charge is 2.40. The minimum Gasteiger partial charge on any atom is -0.329 e. The normalized spacial score (nSPS) is 17.4. The summed E-state index contributed by atoms with van der Waals surface area (Å²) in [5.41, 5.74) is 2.59. The fourth-order valence-corrected chi connectivity index (χ4v) is 3.33. The molecule has 0 radical (unpaired) electrons. The van der Waals surface area contributed by atoms with Crippen LogP contribution in [0.1, 0.15) is 54.1 Å². The van der Waals surface area contributed by atoms with Gasteiger partial charge >= 0.3 is 0 Å². The van der Waals surface area contributed by atoms with Crippen molar-refractivity contribution in [3.8, 4) is 0 Å². The highest BCUT2D eigenvalue weighted by molar-refractivity contribution is 5.98. The topological polar surface area (TPSA) is 70.5 Å². The van der Waals surface area contributed by atoms with Crippen LogP contribution in [0.25, 0.3) is 5.65 Å². The molecule has 6 nitrogen and oxygen atoms in total. The Balaban J connectivity index is 2.00. The highest BCUT2D eigenvalue weighted by Crippen LogP contribution is 2.34. The van der Waals surface area contributed by atoms with E-state index in [1.54, 1.807) is 11.9 Å². The SMILES string of the molecule is CN1C(=O)c2nc3cc(C(C)(C)C)[nH]n3c(=O)c2[C@@H]1c1ccccc1. The van der Waals surface area contributed by atoms with Gasteiger partial charge in [-0.1, -0.05) is 51.1 Å². The first-order chi connectivity index (χ1) is 11.8. The summed E-state index contributed by atoms with van der Waals surface area (Å²) in [5, 5.41) is 3.15. The second kappa shape index (κ2) is 5.05. The van der Waals surface area contributed by atoms with Crippen molar-refractivity contribution in [3.63, 3.8) is 0 Å². The van der Waals surface area contributed by atoms with Crippen LogP contribution in [-0.2, 0) is 5.41 Å².